The zero-order valence-electron chi connectivity index (χ0n) is 24.5. The van der Waals surface area contributed by atoms with Crippen molar-refractivity contribution < 1.29 is 24.2 Å². The third-order valence-electron chi connectivity index (χ3n) is 5.28. The molecule has 0 aromatic rings. The lowest BCUT2D eigenvalue weighted by molar-refractivity contribution is -0.161. The summed E-state index contributed by atoms with van der Waals surface area (Å²) in [4.78, 5) is 24.0. The van der Waals surface area contributed by atoms with Crippen LogP contribution in [-0.2, 0) is 19.1 Å². The van der Waals surface area contributed by atoms with Crippen LogP contribution in [0.4, 0.5) is 0 Å². The van der Waals surface area contributed by atoms with Gasteiger partial charge in [0.1, 0.15) is 6.61 Å². The van der Waals surface area contributed by atoms with Crippen LogP contribution in [0, 0.1) is 0 Å². The SMILES string of the molecule is CC/C=C/C=C/C=C/C=C/C=C/CCCC(=O)OC(CO)COC(=O)CCCCC/C=C/C=C/C=C/C=C/CC. The lowest BCUT2D eigenvalue weighted by Gasteiger charge is -2.15. The number of unbranched alkanes of at least 4 members (excludes halogenated alkanes) is 4. The molecule has 5 heteroatoms. The number of carbonyl (C=O) groups excluding carboxylic acids is 2. The Balaban J connectivity index is 3.89. The van der Waals surface area contributed by atoms with Gasteiger partial charge in [-0.15, -0.1) is 0 Å². The molecular formula is C35H50O5. The molecule has 0 heterocycles. The van der Waals surface area contributed by atoms with E-state index in [2.05, 4.69) is 32.1 Å². The maximum atomic E-state index is 12.0. The molecule has 0 aliphatic heterocycles. The molecule has 0 spiro atoms. The van der Waals surface area contributed by atoms with E-state index in [0.717, 1.165) is 44.9 Å². The second-order valence-corrected chi connectivity index (χ2v) is 8.92. The third-order valence-corrected chi connectivity index (χ3v) is 5.28. The van der Waals surface area contributed by atoms with Gasteiger partial charge in [0.15, 0.2) is 6.10 Å². The summed E-state index contributed by atoms with van der Waals surface area (Å²) in [5.41, 5.74) is 0. The van der Waals surface area contributed by atoms with E-state index in [1.54, 1.807) is 0 Å². The number of carbonyl (C=O) groups is 2. The maximum Gasteiger partial charge on any atom is 0.306 e. The maximum absolute atomic E-state index is 12.0. The minimum absolute atomic E-state index is 0.124. The highest BCUT2D eigenvalue weighted by molar-refractivity contribution is 5.70. The van der Waals surface area contributed by atoms with Crippen LogP contribution in [0.3, 0.4) is 0 Å². The molecule has 1 unspecified atom stereocenters. The van der Waals surface area contributed by atoms with Gasteiger partial charge in [-0.3, -0.25) is 9.59 Å². The summed E-state index contributed by atoms with van der Waals surface area (Å²) in [5.74, 6) is -0.743. The van der Waals surface area contributed by atoms with E-state index in [-0.39, 0.29) is 25.6 Å². The van der Waals surface area contributed by atoms with Gasteiger partial charge in [0.05, 0.1) is 6.61 Å². The molecule has 0 amide bonds. The van der Waals surface area contributed by atoms with Crippen LogP contribution in [0.25, 0.3) is 0 Å². The Morgan fingerprint density at radius 2 is 1.02 bits per heavy atom. The number of ether oxygens (including phenoxy) is 2. The number of aliphatic hydroxyl groups is 1. The van der Waals surface area contributed by atoms with Crippen molar-refractivity contribution in [2.24, 2.45) is 0 Å². The van der Waals surface area contributed by atoms with Crippen LogP contribution < -0.4 is 0 Å². The lowest BCUT2D eigenvalue weighted by atomic mass is 10.1. The van der Waals surface area contributed by atoms with Crippen molar-refractivity contribution in [1.82, 2.24) is 0 Å². The highest BCUT2D eigenvalue weighted by atomic mass is 16.6. The monoisotopic (exact) mass is 550 g/mol. The summed E-state index contributed by atoms with van der Waals surface area (Å²) in [7, 11) is 0. The van der Waals surface area contributed by atoms with Crippen LogP contribution >= 0.6 is 0 Å². The zero-order chi connectivity index (χ0) is 29.4. The molecule has 1 N–H and O–H groups in total. The number of rotatable bonds is 23. The molecular weight excluding hydrogens is 500 g/mol. The van der Waals surface area contributed by atoms with Crippen molar-refractivity contribution in [3.63, 3.8) is 0 Å². The Morgan fingerprint density at radius 3 is 1.52 bits per heavy atom. The van der Waals surface area contributed by atoms with Gasteiger partial charge in [0.2, 0.25) is 0 Å². The predicted molar refractivity (Wildman–Crippen MR) is 168 cm³/mol. The molecule has 0 aliphatic carbocycles. The standard InChI is InChI=1S/C35H50O5/c1-3-5-7-9-11-13-15-17-19-21-23-25-27-29-34(37)39-32-33(31-36)40-35(38)30-28-26-24-22-20-18-16-14-12-10-8-6-4-2/h5-20,22,24,33,36H,3-4,21,23,25-32H2,1-2H3/b7-5+,8-6+,11-9+,12-10+,15-13+,16-14+,19-17+,20-18+,24-22+. The van der Waals surface area contributed by atoms with E-state index >= 15 is 0 Å². The van der Waals surface area contributed by atoms with Crippen molar-refractivity contribution in [3.05, 3.63) is 109 Å². The molecule has 0 aromatic carbocycles. The highest BCUT2D eigenvalue weighted by Gasteiger charge is 2.15. The fourth-order valence-electron chi connectivity index (χ4n) is 3.12. The van der Waals surface area contributed by atoms with Crippen molar-refractivity contribution in [3.8, 4) is 0 Å². The van der Waals surface area contributed by atoms with Crippen LogP contribution in [0.15, 0.2) is 109 Å². The molecule has 220 valence electrons. The largest absolute Gasteiger partial charge is 0.462 e. The Kier molecular flexibility index (Phi) is 27.5. The van der Waals surface area contributed by atoms with Gasteiger partial charge in [-0.25, -0.2) is 0 Å². The predicted octanol–water partition coefficient (Wildman–Crippen LogP) is 8.38. The first kappa shape index (κ1) is 36.6. The van der Waals surface area contributed by atoms with Gasteiger partial charge >= 0.3 is 11.9 Å². The fraction of sp³-hybridized carbons (Fsp3) is 0.429. The summed E-state index contributed by atoms with van der Waals surface area (Å²) in [6.45, 7) is 3.70. The number of hydrogen-bond acceptors (Lipinski definition) is 5. The molecule has 0 aliphatic rings. The number of allylic oxidation sites excluding steroid dienone is 18. The Labute approximate surface area is 242 Å². The topological polar surface area (TPSA) is 72.8 Å². The van der Waals surface area contributed by atoms with E-state index in [1.165, 1.54) is 0 Å². The van der Waals surface area contributed by atoms with Gasteiger partial charge in [-0.05, 0) is 44.9 Å². The molecule has 0 fully saturated rings. The van der Waals surface area contributed by atoms with Crippen molar-refractivity contribution in [2.75, 3.05) is 13.2 Å². The molecule has 0 saturated heterocycles. The Hall–Kier alpha value is -3.44. The van der Waals surface area contributed by atoms with E-state index in [9.17, 15) is 14.7 Å². The van der Waals surface area contributed by atoms with Crippen molar-refractivity contribution in [2.45, 2.75) is 84.2 Å². The fourth-order valence-corrected chi connectivity index (χ4v) is 3.12. The minimum atomic E-state index is -0.830. The Morgan fingerprint density at radius 1 is 0.575 bits per heavy atom. The molecule has 0 saturated carbocycles. The van der Waals surface area contributed by atoms with Crippen molar-refractivity contribution in [1.29, 1.82) is 0 Å². The summed E-state index contributed by atoms with van der Waals surface area (Å²) in [6.07, 6.45) is 42.9. The van der Waals surface area contributed by atoms with Gasteiger partial charge in [0.25, 0.3) is 0 Å². The zero-order valence-corrected chi connectivity index (χ0v) is 24.5. The molecule has 0 aromatic heterocycles. The quantitative estimate of drug-likeness (QED) is 0.0786. The first-order valence-corrected chi connectivity index (χ1v) is 14.6. The third kappa shape index (κ3) is 27.6. The molecule has 0 bridgehead atoms. The number of hydrogen-bond donors (Lipinski definition) is 1. The average molecular weight is 551 g/mol. The van der Waals surface area contributed by atoms with Crippen LogP contribution in [-0.4, -0.2) is 36.4 Å². The molecule has 40 heavy (non-hydrogen) atoms. The van der Waals surface area contributed by atoms with E-state index < -0.39 is 12.1 Å². The van der Waals surface area contributed by atoms with Gasteiger partial charge < -0.3 is 14.6 Å². The summed E-state index contributed by atoms with van der Waals surface area (Å²) in [5, 5.41) is 9.45. The summed E-state index contributed by atoms with van der Waals surface area (Å²) in [6, 6.07) is 0. The van der Waals surface area contributed by atoms with Crippen LogP contribution in [0.5, 0.6) is 0 Å². The number of esters is 2. The van der Waals surface area contributed by atoms with E-state index in [0.29, 0.717) is 12.8 Å². The average Bonchev–Trinajstić information content (AvgIpc) is 2.96. The molecule has 1 atom stereocenters. The molecule has 0 radical (unpaired) electrons. The summed E-state index contributed by atoms with van der Waals surface area (Å²) < 4.78 is 10.4. The second kappa shape index (κ2) is 30.1. The molecule has 5 nitrogen and oxygen atoms in total. The van der Waals surface area contributed by atoms with Gasteiger partial charge in [0, 0.05) is 12.8 Å². The minimum Gasteiger partial charge on any atom is -0.462 e. The highest BCUT2D eigenvalue weighted by Crippen LogP contribution is 2.07. The first-order chi connectivity index (χ1) is 19.6. The van der Waals surface area contributed by atoms with Crippen LogP contribution in [0.1, 0.15) is 78.1 Å². The Bertz CT molecular complexity index is 897. The second-order valence-electron chi connectivity index (χ2n) is 8.92. The van der Waals surface area contributed by atoms with Crippen LogP contribution in [0.2, 0.25) is 0 Å². The summed E-state index contributed by atoms with van der Waals surface area (Å²) >= 11 is 0. The lowest BCUT2D eigenvalue weighted by Crippen LogP contribution is -2.28. The van der Waals surface area contributed by atoms with Crippen molar-refractivity contribution >= 4 is 11.9 Å². The van der Waals surface area contributed by atoms with Gasteiger partial charge in [-0.1, -0.05) is 130 Å². The normalized spacial score (nSPS) is 13.8. The van der Waals surface area contributed by atoms with Gasteiger partial charge in [-0.2, -0.15) is 0 Å². The van der Waals surface area contributed by atoms with E-state index in [4.69, 9.17) is 9.47 Å². The number of aliphatic hydroxyl groups excluding tert-OH is 1. The molecule has 0 rings (SSSR count). The van der Waals surface area contributed by atoms with E-state index in [1.807, 2.05) is 91.1 Å². The first-order valence-electron chi connectivity index (χ1n) is 14.6. The smallest absolute Gasteiger partial charge is 0.306 e.